The second kappa shape index (κ2) is 8.57. The summed E-state index contributed by atoms with van der Waals surface area (Å²) in [4.78, 5) is 11.4. The van der Waals surface area contributed by atoms with Crippen LogP contribution in [-0.2, 0) is 16.1 Å². The van der Waals surface area contributed by atoms with Crippen molar-refractivity contribution < 1.29 is 24.1 Å². The Hall–Kier alpha value is -2.24. The Morgan fingerprint density at radius 1 is 1.12 bits per heavy atom. The zero-order valence-electron chi connectivity index (χ0n) is 13.4. The van der Waals surface area contributed by atoms with Crippen molar-refractivity contribution >= 4 is 17.6 Å². The van der Waals surface area contributed by atoms with Gasteiger partial charge in [-0.15, -0.1) is 11.6 Å². The molecule has 2 rings (SSSR count). The van der Waals surface area contributed by atoms with Gasteiger partial charge in [-0.05, 0) is 23.3 Å². The quantitative estimate of drug-likeness (QED) is 0.614. The summed E-state index contributed by atoms with van der Waals surface area (Å²) in [6.07, 6.45) is -1.21. The highest BCUT2D eigenvalue weighted by atomic mass is 35.5. The molecule has 2 aromatic carbocycles. The van der Waals surface area contributed by atoms with Crippen molar-refractivity contribution in [1.82, 2.24) is 0 Å². The second-order valence-electron chi connectivity index (χ2n) is 5.05. The number of aliphatic hydroxyl groups excluding tert-OH is 1. The Morgan fingerprint density at radius 3 is 2.46 bits per heavy atom. The first-order valence-corrected chi connectivity index (χ1v) is 7.75. The number of carbonyl (C=O) groups is 1. The van der Waals surface area contributed by atoms with Crippen LogP contribution in [0.3, 0.4) is 0 Å². The van der Waals surface area contributed by atoms with E-state index in [1.807, 2.05) is 30.3 Å². The number of esters is 1. The summed E-state index contributed by atoms with van der Waals surface area (Å²) >= 11 is 5.90. The van der Waals surface area contributed by atoms with E-state index in [9.17, 15) is 9.90 Å². The van der Waals surface area contributed by atoms with E-state index in [4.69, 9.17) is 21.1 Å². The van der Waals surface area contributed by atoms with Crippen molar-refractivity contribution in [3.05, 3.63) is 59.7 Å². The van der Waals surface area contributed by atoms with E-state index >= 15 is 0 Å². The number of carbonyl (C=O) groups excluding carboxylic acids is 1. The molecular weight excluding hydrogens is 332 g/mol. The summed E-state index contributed by atoms with van der Waals surface area (Å²) in [6.45, 7) is 0.388. The third-order valence-corrected chi connectivity index (χ3v) is 3.89. The first kappa shape index (κ1) is 18.1. The lowest BCUT2D eigenvalue weighted by atomic mass is 10.1. The summed E-state index contributed by atoms with van der Waals surface area (Å²) in [5.41, 5.74) is 1.46. The molecule has 24 heavy (non-hydrogen) atoms. The van der Waals surface area contributed by atoms with E-state index in [0.29, 0.717) is 23.7 Å². The maximum Gasteiger partial charge on any atom is 0.326 e. The molecule has 1 N–H and O–H groups in total. The van der Waals surface area contributed by atoms with Gasteiger partial charge in [-0.2, -0.15) is 0 Å². The van der Waals surface area contributed by atoms with Crippen molar-refractivity contribution in [2.75, 3.05) is 14.2 Å². The Bertz CT molecular complexity index is 674. The number of aliphatic hydroxyl groups is 1. The molecule has 0 saturated carbocycles. The van der Waals surface area contributed by atoms with E-state index in [0.717, 1.165) is 5.56 Å². The zero-order valence-corrected chi connectivity index (χ0v) is 14.2. The third-order valence-electron chi connectivity index (χ3n) is 3.47. The standard InChI is InChI=1S/C18H19ClO5/c1-22-15-10-13(17(20)16(19)18(21)23-2)8-9-14(15)24-11-12-6-4-3-5-7-12/h3-10,16-17,20H,11H2,1-2H3. The molecule has 0 aliphatic heterocycles. The minimum absolute atomic E-state index is 0.388. The van der Waals surface area contributed by atoms with Gasteiger partial charge in [-0.25, -0.2) is 0 Å². The van der Waals surface area contributed by atoms with Gasteiger partial charge in [0, 0.05) is 0 Å². The Kier molecular flexibility index (Phi) is 6.46. The molecule has 0 aromatic heterocycles. The third kappa shape index (κ3) is 4.40. The van der Waals surface area contributed by atoms with Gasteiger partial charge in [-0.1, -0.05) is 36.4 Å². The van der Waals surface area contributed by atoms with Crippen LogP contribution in [-0.4, -0.2) is 30.7 Å². The molecule has 0 heterocycles. The molecule has 2 aromatic rings. The van der Waals surface area contributed by atoms with Crippen LogP contribution in [0.4, 0.5) is 0 Å². The molecular formula is C18H19ClO5. The van der Waals surface area contributed by atoms with Crippen LogP contribution < -0.4 is 9.47 Å². The summed E-state index contributed by atoms with van der Waals surface area (Å²) in [5, 5.41) is 8.98. The van der Waals surface area contributed by atoms with Crippen LogP contribution in [0.2, 0.25) is 0 Å². The number of benzene rings is 2. The van der Waals surface area contributed by atoms with Gasteiger partial charge >= 0.3 is 5.97 Å². The number of hydrogen-bond acceptors (Lipinski definition) is 5. The first-order valence-electron chi connectivity index (χ1n) is 7.31. The summed E-state index contributed by atoms with van der Waals surface area (Å²) in [6, 6.07) is 14.6. The normalized spacial score (nSPS) is 13.0. The predicted octanol–water partition coefficient (Wildman–Crippen LogP) is 3.09. The highest BCUT2D eigenvalue weighted by Gasteiger charge is 2.27. The van der Waals surface area contributed by atoms with Gasteiger partial charge in [0.05, 0.1) is 14.2 Å². The van der Waals surface area contributed by atoms with E-state index in [1.165, 1.54) is 14.2 Å². The molecule has 0 spiro atoms. The van der Waals surface area contributed by atoms with Crippen molar-refractivity contribution in [3.8, 4) is 11.5 Å². The topological polar surface area (TPSA) is 65.0 Å². The van der Waals surface area contributed by atoms with Crippen molar-refractivity contribution in [2.45, 2.75) is 18.1 Å². The fraction of sp³-hybridized carbons (Fsp3) is 0.278. The first-order chi connectivity index (χ1) is 11.6. The smallest absolute Gasteiger partial charge is 0.326 e. The molecule has 2 unspecified atom stereocenters. The highest BCUT2D eigenvalue weighted by Crippen LogP contribution is 2.33. The summed E-state index contributed by atoms with van der Waals surface area (Å²) < 4.78 is 15.6. The lowest BCUT2D eigenvalue weighted by Crippen LogP contribution is -2.24. The van der Waals surface area contributed by atoms with Crippen molar-refractivity contribution in [3.63, 3.8) is 0 Å². The average Bonchev–Trinajstić information content (AvgIpc) is 2.65. The van der Waals surface area contributed by atoms with Gasteiger partial charge < -0.3 is 19.3 Å². The largest absolute Gasteiger partial charge is 0.493 e. The van der Waals surface area contributed by atoms with Crippen LogP contribution in [0.1, 0.15) is 17.2 Å². The molecule has 6 heteroatoms. The number of methoxy groups -OCH3 is 2. The highest BCUT2D eigenvalue weighted by molar-refractivity contribution is 6.30. The lowest BCUT2D eigenvalue weighted by Gasteiger charge is -2.17. The van der Waals surface area contributed by atoms with Crippen LogP contribution in [0, 0.1) is 0 Å². The van der Waals surface area contributed by atoms with Crippen LogP contribution in [0.25, 0.3) is 0 Å². The predicted molar refractivity (Wildman–Crippen MR) is 90.4 cm³/mol. The minimum atomic E-state index is -1.21. The minimum Gasteiger partial charge on any atom is -0.493 e. The zero-order chi connectivity index (χ0) is 17.5. The number of halogens is 1. The van der Waals surface area contributed by atoms with E-state index < -0.39 is 17.5 Å². The molecule has 0 bridgehead atoms. The molecule has 5 nitrogen and oxygen atoms in total. The lowest BCUT2D eigenvalue weighted by molar-refractivity contribution is -0.142. The number of ether oxygens (including phenoxy) is 3. The maximum absolute atomic E-state index is 11.4. The average molecular weight is 351 g/mol. The molecule has 0 aliphatic rings. The number of rotatable bonds is 7. The monoisotopic (exact) mass is 350 g/mol. The number of alkyl halides is 1. The van der Waals surface area contributed by atoms with E-state index in [1.54, 1.807) is 18.2 Å². The van der Waals surface area contributed by atoms with E-state index in [-0.39, 0.29) is 0 Å². The van der Waals surface area contributed by atoms with Crippen molar-refractivity contribution in [2.24, 2.45) is 0 Å². The van der Waals surface area contributed by atoms with E-state index in [2.05, 4.69) is 4.74 Å². The van der Waals surface area contributed by atoms with Crippen molar-refractivity contribution in [1.29, 1.82) is 0 Å². The molecule has 0 fully saturated rings. The SMILES string of the molecule is COC(=O)C(Cl)C(O)c1ccc(OCc2ccccc2)c(OC)c1. The van der Waals surface area contributed by atoms with Crippen LogP contribution in [0.5, 0.6) is 11.5 Å². The fourth-order valence-corrected chi connectivity index (χ4v) is 2.37. The second-order valence-corrected chi connectivity index (χ2v) is 5.52. The maximum atomic E-state index is 11.4. The van der Waals surface area contributed by atoms with Gasteiger partial charge in [-0.3, -0.25) is 4.79 Å². The van der Waals surface area contributed by atoms with Gasteiger partial charge in [0.1, 0.15) is 12.7 Å². The fourth-order valence-electron chi connectivity index (χ4n) is 2.13. The van der Waals surface area contributed by atoms with Gasteiger partial charge in [0.25, 0.3) is 0 Å². The Balaban J connectivity index is 2.13. The molecule has 0 saturated heterocycles. The molecule has 2 atom stereocenters. The van der Waals surface area contributed by atoms with Crippen LogP contribution >= 0.6 is 11.6 Å². The Labute approximate surface area is 145 Å². The summed E-state index contributed by atoms with van der Waals surface area (Å²) in [7, 11) is 2.71. The summed E-state index contributed by atoms with van der Waals surface area (Å²) in [5.74, 6) is 0.269. The Morgan fingerprint density at radius 2 is 1.83 bits per heavy atom. The number of hydrogen-bond donors (Lipinski definition) is 1. The molecule has 0 radical (unpaired) electrons. The van der Waals surface area contributed by atoms with Crippen LogP contribution in [0.15, 0.2) is 48.5 Å². The molecule has 0 amide bonds. The van der Waals surface area contributed by atoms with Gasteiger partial charge in [0.2, 0.25) is 0 Å². The molecule has 128 valence electrons. The molecule has 0 aliphatic carbocycles. The van der Waals surface area contributed by atoms with Gasteiger partial charge in [0.15, 0.2) is 16.9 Å².